The number of carbonyl (C=O) groups is 2. The van der Waals surface area contributed by atoms with Crippen LogP contribution in [0.4, 0.5) is 0 Å². The van der Waals surface area contributed by atoms with Crippen molar-refractivity contribution in [3.05, 3.63) is 34.6 Å². The molecule has 24 heavy (non-hydrogen) atoms. The Labute approximate surface area is 142 Å². The molecule has 0 bridgehead atoms. The molecular weight excluding hydrogens is 332 g/mol. The summed E-state index contributed by atoms with van der Waals surface area (Å²) in [5.41, 5.74) is 0.0565. The van der Waals surface area contributed by atoms with Gasteiger partial charge in [0.1, 0.15) is 18.1 Å². The molecule has 8 nitrogen and oxygen atoms in total. The molecule has 0 saturated heterocycles. The third-order valence-corrected chi connectivity index (χ3v) is 4.00. The topological polar surface area (TPSA) is 103 Å². The molecule has 1 heterocycles. The molecule has 1 aromatic carbocycles. The summed E-state index contributed by atoms with van der Waals surface area (Å²) in [6.45, 7) is -0.316. The number of carbonyl (C=O) groups excluding carboxylic acids is 2. The molecule has 1 amide bonds. The highest BCUT2D eigenvalue weighted by Crippen LogP contribution is 2.04. The fraction of sp³-hybridized carbons (Fsp3) is 0.400. The maximum absolute atomic E-state index is 12.3. The number of ether oxygens (including phenoxy) is 1. The van der Waals surface area contributed by atoms with E-state index in [9.17, 15) is 14.4 Å². The van der Waals surface area contributed by atoms with Crippen molar-refractivity contribution >= 4 is 34.5 Å². The van der Waals surface area contributed by atoms with Gasteiger partial charge in [-0.15, -0.1) is 5.10 Å². The predicted molar refractivity (Wildman–Crippen MR) is 90.7 cm³/mol. The second-order valence-corrected chi connectivity index (χ2v) is 5.98. The van der Waals surface area contributed by atoms with Crippen molar-refractivity contribution in [1.82, 2.24) is 20.3 Å². The van der Waals surface area contributed by atoms with E-state index in [-0.39, 0.29) is 6.54 Å². The van der Waals surface area contributed by atoms with E-state index in [0.29, 0.717) is 23.1 Å². The summed E-state index contributed by atoms with van der Waals surface area (Å²) in [4.78, 5) is 36.1. The Hall–Kier alpha value is -2.42. The Balaban J connectivity index is 2.12. The minimum atomic E-state index is -0.751. The van der Waals surface area contributed by atoms with Crippen LogP contribution in [0.15, 0.2) is 29.1 Å². The summed E-state index contributed by atoms with van der Waals surface area (Å²) in [6, 6.07) is 6.01. The number of rotatable bonds is 7. The number of nitrogens with one attached hydrogen (secondary N) is 1. The van der Waals surface area contributed by atoms with E-state index in [4.69, 9.17) is 0 Å². The van der Waals surface area contributed by atoms with Crippen LogP contribution in [-0.2, 0) is 20.9 Å². The van der Waals surface area contributed by atoms with E-state index in [0.717, 1.165) is 4.68 Å². The third-order valence-electron chi connectivity index (χ3n) is 3.35. The zero-order valence-corrected chi connectivity index (χ0v) is 14.2. The molecule has 9 heteroatoms. The smallest absolute Gasteiger partial charge is 0.328 e. The zero-order chi connectivity index (χ0) is 17.5. The van der Waals surface area contributed by atoms with Gasteiger partial charge in [0, 0.05) is 0 Å². The third kappa shape index (κ3) is 4.31. The number of nitrogens with zero attached hydrogens (tertiary/aromatic N) is 3. The average Bonchev–Trinajstić information content (AvgIpc) is 2.60. The molecule has 1 N–H and O–H groups in total. The normalized spacial score (nSPS) is 11.9. The van der Waals surface area contributed by atoms with Crippen molar-refractivity contribution in [2.45, 2.75) is 19.0 Å². The summed E-state index contributed by atoms with van der Waals surface area (Å²) < 4.78 is 5.66. The largest absolute Gasteiger partial charge is 0.467 e. The number of methoxy groups -OCH3 is 1. The number of hydrogen-bond donors (Lipinski definition) is 1. The quantitative estimate of drug-likeness (QED) is 0.712. The van der Waals surface area contributed by atoms with Crippen LogP contribution < -0.4 is 10.9 Å². The first kappa shape index (κ1) is 17.9. The molecule has 2 rings (SSSR count). The lowest BCUT2D eigenvalue weighted by atomic mass is 10.2. The van der Waals surface area contributed by atoms with Gasteiger partial charge in [0.05, 0.1) is 12.5 Å². The van der Waals surface area contributed by atoms with Crippen molar-refractivity contribution in [2.75, 3.05) is 19.1 Å². The molecular formula is C15H18N4O4S. The maximum Gasteiger partial charge on any atom is 0.328 e. The lowest BCUT2D eigenvalue weighted by Gasteiger charge is -2.16. The highest BCUT2D eigenvalue weighted by Gasteiger charge is 2.21. The van der Waals surface area contributed by atoms with E-state index < -0.39 is 23.5 Å². The standard InChI is InChI=1S/C15H18N4O4S/c1-23-15(22)12(7-8-24-2)16-13(20)9-19-14(21)10-5-3-4-6-11(10)17-18-19/h3-6,12H,7-9H2,1-2H3,(H,16,20)/t12-/m1/s1. The summed E-state index contributed by atoms with van der Waals surface area (Å²) in [5.74, 6) is -0.331. The Morgan fingerprint density at radius 2 is 2.12 bits per heavy atom. The molecule has 0 fully saturated rings. The lowest BCUT2D eigenvalue weighted by Crippen LogP contribution is -2.44. The molecule has 0 aliphatic carbocycles. The Kier molecular flexibility index (Phi) is 6.30. The van der Waals surface area contributed by atoms with Gasteiger partial charge in [-0.25, -0.2) is 9.48 Å². The Bertz CT molecular complexity index is 792. The second kappa shape index (κ2) is 8.44. The molecule has 1 aromatic heterocycles. The van der Waals surface area contributed by atoms with Gasteiger partial charge in [0.2, 0.25) is 5.91 Å². The molecule has 0 aliphatic heterocycles. The van der Waals surface area contributed by atoms with E-state index in [1.165, 1.54) is 7.11 Å². The van der Waals surface area contributed by atoms with Crippen molar-refractivity contribution in [1.29, 1.82) is 0 Å². The summed E-state index contributed by atoms with van der Waals surface area (Å²) in [5, 5.41) is 10.6. The molecule has 0 aliphatic rings. The fourth-order valence-corrected chi connectivity index (χ4v) is 2.60. The van der Waals surface area contributed by atoms with Crippen LogP contribution >= 0.6 is 11.8 Å². The molecule has 128 valence electrons. The molecule has 2 aromatic rings. The van der Waals surface area contributed by atoms with Gasteiger partial charge in [0.15, 0.2) is 0 Å². The Morgan fingerprint density at radius 1 is 1.38 bits per heavy atom. The summed E-state index contributed by atoms with van der Waals surface area (Å²) in [7, 11) is 1.26. The van der Waals surface area contributed by atoms with Crippen molar-refractivity contribution < 1.29 is 14.3 Å². The molecule has 0 saturated carbocycles. The monoisotopic (exact) mass is 350 g/mol. The van der Waals surface area contributed by atoms with Gasteiger partial charge in [-0.3, -0.25) is 9.59 Å². The maximum atomic E-state index is 12.3. The number of esters is 1. The molecule has 0 radical (unpaired) electrons. The molecule has 0 spiro atoms. The van der Waals surface area contributed by atoms with Crippen LogP contribution in [0.2, 0.25) is 0 Å². The minimum absolute atomic E-state index is 0.316. The van der Waals surface area contributed by atoms with Gasteiger partial charge in [-0.2, -0.15) is 11.8 Å². The van der Waals surface area contributed by atoms with Crippen LogP contribution in [0.1, 0.15) is 6.42 Å². The van der Waals surface area contributed by atoms with Gasteiger partial charge >= 0.3 is 5.97 Å². The van der Waals surface area contributed by atoms with Gasteiger partial charge < -0.3 is 10.1 Å². The fourth-order valence-electron chi connectivity index (χ4n) is 2.13. The van der Waals surface area contributed by atoms with E-state index in [1.807, 2.05) is 6.26 Å². The molecule has 0 unspecified atom stereocenters. The average molecular weight is 350 g/mol. The van der Waals surface area contributed by atoms with Crippen molar-refractivity contribution in [2.24, 2.45) is 0 Å². The zero-order valence-electron chi connectivity index (χ0n) is 13.4. The summed E-state index contributed by atoms with van der Waals surface area (Å²) >= 11 is 1.56. The van der Waals surface area contributed by atoms with Crippen LogP contribution in [0, 0.1) is 0 Å². The van der Waals surface area contributed by atoms with Crippen LogP contribution in [0.25, 0.3) is 10.9 Å². The van der Waals surface area contributed by atoms with Crippen LogP contribution in [-0.4, -0.2) is 52.0 Å². The number of hydrogen-bond acceptors (Lipinski definition) is 7. The first-order chi connectivity index (χ1) is 11.6. The van der Waals surface area contributed by atoms with E-state index in [2.05, 4.69) is 20.4 Å². The van der Waals surface area contributed by atoms with Gasteiger partial charge in [0.25, 0.3) is 5.56 Å². The van der Waals surface area contributed by atoms with E-state index in [1.54, 1.807) is 36.0 Å². The van der Waals surface area contributed by atoms with Crippen molar-refractivity contribution in [3.8, 4) is 0 Å². The minimum Gasteiger partial charge on any atom is -0.467 e. The second-order valence-electron chi connectivity index (χ2n) is 4.99. The summed E-state index contributed by atoms with van der Waals surface area (Å²) in [6.07, 6.45) is 2.35. The van der Waals surface area contributed by atoms with Gasteiger partial charge in [-0.1, -0.05) is 17.3 Å². The van der Waals surface area contributed by atoms with Crippen molar-refractivity contribution in [3.63, 3.8) is 0 Å². The lowest BCUT2D eigenvalue weighted by molar-refractivity contribution is -0.145. The number of amides is 1. The van der Waals surface area contributed by atoms with Crippen LogP contribution in [0.5, 0.6) is 0 Å². The Morgan fingerprint density at radius 3 is 2.83 bits per heavy atom. The number of benzene rings is 1. The molecule has 1 atom stereocenters. The first-order valence-electron chi connectivity index (χ1n) is 7.25. The van der Waals surface area contributed by atoms with E-state index >= 15 is 0 Å². The van der Waals surface area contributed by atoms with Gasteiger partial charge in [-0.05, 0) is 30.6 Å². The first-order valence-corrected chi connectivity index (χ1v) is 8.65. The van der Waals surface area contributed by atoms with Crippen LogP contribution in [0.3, 0.4) is 0 Å². The number of fused-ring (bicyclic) bond motifs is 1. The predicted octanol–water partition coefficient (Wildman–Crippen LogP) is 0.202. The number of aromatic nitrogens is 3. The highest BCUT2D eigenvalue weighted by atomic mass is 32.2. The number of thioether (sulfide) groups is 1. The highest BCUT2D eigenvalue weighted by molar-refractivity contribution is 7.98. The SMILES string of the molecule is COC(=O)[C@@H](CCSC)NC(=O)Cn1nnc2ccccc2c1=O.